The predicted octanol–water partition coefficient (Wildman–Crippen LogP) is 2.45. The lowest BCUT2D eigenvalue weighted by atomic mass is 9.87. The summed E-state index contributed by atoms with van der Waals surface area (Å²) in [5, 5.41) is 2.35. The first-order chi connectivity index (χ1) is 9.65. The lowest BCUT2D eigenvalue weighted by Crippen LogP contribution is -2.59. The van der Waals surface area contributed by atoms with E-state index in [9.17, 15) is 14.4 Å². The molecule has 1 aliphatic carbocycles. The van der Waals surface area contributed by atoms with E-state index in [1.54, 1.807) is 0 Å². The number of amides is 4. The minimum Gasteiger partial charge on any atom is -0.277 e. The Morgan fingerprint density at radius 2 is 1.80 bits per heavy atom. The highest BCUT2D eigenvalue weighted by atomic mass is 16.2. The number of carbonyl (C=O) groups is 3. The van der Waals surface area contributed by atoms with Crippen molar-refractivity contribution in [3.05, 3.63) is 0 Å². The van der Waals surface area contributed by atoms with Gasteiger partial charge in [0.15, 0.2) is 0 Å². The second-order valence-corrected chi connectivity index (χ2v) is 5.87. The molecule has 0 aromatic carbocycles. The molecule has 1 atom stereocenters. The number of urea groups is 1. The maximum atomic E-state index is 12.4. The van der Waals surface area contributed by atoms with E-state index in [4.69, 9.17) is 0 Å². The van der Waals surface area contributed by atoms with Gasteiger partial charge in [0.1, 0.15) is 5.92 Å². The molecule has 0 bridgehead atoms. The van der Waals surface area contributed by atoms with E-state index in [-0.39, 0.29) is 11.8 Å². The SMILES string of the molecule is CCCCCCN1C(=O)NC(=O)C(C2CCCC2)C1=O. The molecule has 1 saturated carbocycles. The van der Waals surface area contributed by atoms with E-state index >= 15 is 0 Å². The van der Waals surface area contributed by atoms with Crippen molar-refractivity contribution in [3.8, 4) is 0 Å². The third-order valence-corrected chi connectivity index (χ3v) is 4.40. The first-order valence-corrected chi connectivity index (χ1v) is 7.81. The molecule has 1 unspecified atom stereocenters. The molecule has 1 saturated heterocycles. The zero-order valence-corrected chi connectivity index (χ0v) is 12.2. The molecule has 112 valence electrons. The molecular weight excluding hydrogens is 256 g/mol. The van der Waals surface area contributed by atoms with E-state index in [1.807, 2.05) is 0 Å². The number of unbranched alkanes of at least 4 members (excludes halogenated alkanes) is 3. The predicted molar refractivity (Wildman–Crippen MR) is 74.8 cm³/mol. The van der Waals surface area contributed by atoms with Crippen LogP contribution in [0.4, 0.5) is 4.79 Å². The van der Waals surface area contributed by atoms with Gasteiger partial charge in [-0.05, 0) is 25.2 Å². The summed E-state index contributed by atoms with van der Waals surface area (Å²) in [4.78, 5) is 37.4. The van der Waals surface area contributed by atoms with E-state index in [1.165, 1.54) is 4.90 Å². The van der Waals surface area contributed by atoms with Crippen LogP contribution in [0.1, 0.15) is 58.3 Å². The third-order valence-electron chi connectivity index (χ3n) is 4.40. The Balaban J connectivity index is 1.98. The molecule has 1 N–H and O–H groups in total. The number of nitrogens with zero attached hydrogens (tertiary/aromatic N) is 1. The molecule has 2 aliphatic rings. The number of hydrogen-bond donors (Lipinski definition) is 1. The lowest BCUT2D eigenvalue weighted by Gasteiger charge is -2.32. The van der Waals surface area contributed by atoms with Crippen molar-refractivity contribution in [2.24, 2.45) is 11.8 Å². The lowest BCUT2D eigenvalue weighted by molar-refractivity contribution is -0.145. The van der Waals surface area contributed by atoms with Crippen LogP contribution in [0.5, 0.6) is 0 Å². The summed E-state index contributed by atoms with van der Waals surface area (Å²) in [6.07, 6.45) is 8.04. The highest BCUT2D eigenvalue weighted by Gasteiger charge is 2.44. The number of carbonyl (C=O) groups excluding carboxylic acids is 3. The molecule has 0 spiro atoms. The van der Waals surface area contributed by atoms with Crippen LogP contribution in [0.15, 0.2) is 0 Å². The van der Waals surface area contributed by atoms with Gasteiger partial charge in [0.2, 0.25) is 11.8 Å². The standard InChI is InChI=1S/C15H24N2O3/c1-2-3-4-7-10-17-14(19)12(11-8-5-6-9-11)13(18)16-15(17)20/h11-12H,2-10H2,1H3,(H,16,18,20). The molecule has 1 heterocycles. The van der Waals surface area contributed by atoms with Crippen molar-refractivity contribution in [1.29, 1.82) is 0 Å². The molecule has 5 heteroatoms. The maximum absolute atomic E-state index is 12.4. The van der Waals surface area contributed by atoms with E-state index in [0.717, 1.165) is 51.4 Å². The molecule has 2 fully saturated rings. The van der Waals surface area contributed by atoms with Crippen molar-refractivity contribution < 1.29 is 14.4 Å². The summed E-state index contributed by atoms with van der Waals surface area (Å²) in [7, 11) is 0. The third kappa shape index (κ3) is 3.19. The fraction of sp³-hybridized carbons (Fsp3) is 0.800. The smallest absolute Gasteiger partial charge is 0.277 e. The van der Waals surface area contributed by atoms with Gasteiger partial charge >= 0.3 is 6.03 Å². The van der Waals surface area contributed by atoms with Gasteiger partial charge in [0.05, 0.1) is 0 Å². The summed E-state index contributed by atoms with van der Waals surface area (Å²) in [6, 6.07) is -0.536. The largest absolute Gasteiger partial charge is 0.330 e. The number of barbiturate groups is 1. The van der Waals surface area contributed by atoms with Gasteiger partial charge in [0, 0.05) is 6.54 Å². The van der Waals surface area contributed by atoms with E-state index in [0.29, 0.717) is 6.54 Å². The monoisotopic (exact) mass is 280 g/mol. The highest BCUT2D eigenvalue weighted by Crippen LogP contribution is 2.33. The Bertz CT molecular complexity index is 389. The van der Waals surface area contributed by atoms with Gasteiger partial charge in [-0.1, -0.05) is 39.0 Å². The van der Waals surface area contributed by atoms with E-state index < -0.39 is 17.9 Å². The molecule has 0 aromatic rings. The summed E-state index contributed by atoms with van der Waals surface area (Å²) in [5.74, 6) is -1.19. The molecule has 0 aromatic heterocycles. The molecule has 4 amide bonds. The normalized spacial score (nSPS) is 24.4. The quantitative estimate of drug-likeness (QED) is 0.600. The van der Waals surface area contributed by atoms with Gasteiger partial charge in [0.25, 0.3) is 0 Å². The molecular formula is C15H24N2O3. The van der Waals surface area contributed by atoms with Crippen LogP contribution >= 0.6 is 0 Å². The Morgan fingerprint density at radius 3 is 2.45 bits per heavy atom. The van der Waals surface area contributed by atoms with Crippen LogP contribution < -0.4 is 5.32 Å². The number of imide groups is 2. The number of rotatable bonds is 6. The van der Waals surface area contributed by atoms with Crippen molar-refractivity contribution in [1.82, 2.24) is 10.2 Å². The van der Waals surface area contributed by atoms with Gasteiger partial charge in [-0.3, -0.25) is 19.8 Å². The van der Waals surface area contributed by atoms with Gasteiger partial charge < -0.3 is 0 Å². The molecule has 5 nitrogen and oxygen atoms in total. The van der Waals surface area contributed by atoms with Crippen LogP contribution in [0.2, 0.25) is 0 Å². The number of hydrogen-bond acceptors (Lipinski definition) is 3. The minimum atomic E-state index is -0.638. The molecule has 1 aliphatic heterocycles. The zero-order valence-electron chi connectivity index (χ0n) is 12.2. The average Bonchev–Trinajstić information content (AvgIpc) is 2.91. The van der Waals surface area contributed by atoms with Gasteiger partial charge in [-0.25, -0.2) is 4.79 Å². The van der Waals surface area contributed by atoms with Crippen molar-refractivity contribution in [3.63, 3.8) is 0 Å². The maximum Gasteiger partial charge on any atom is 0.330 e. The second kappa shape index (κ2) is 6.86. The molecule has 0 radical (unpaired) electrons. The zero-order chi connectivity index (χ0) is 14.5. The minimum absolute atomic E-state index is 0.119. The second-order valence-electron chi connectivity index (χ2n) is 5.87. The average molecular weight is 280 g/mol. The number of nitrogens with one attached hydrogen (secondary N) is 1. The van der Waals surface area contributed by atoms with E-state index in [2.05, 4.69) is 12.2 Å². The Labute approximate surface area is 120 Å². The van der Waals surface area contributed by atoms with Crippen LogP contribution in [-0.4, -0.2) is 29.3 Å². The first-order valence-electron chi connectivity index (χ1n) is 7.81. The summed E-state index contributed by atoms with van der Waals surface area (Å²) >= 11 is 0. The molecule has 2 rings (SSSR count). The topological polar surface area (TPSA) is 66.5 Å². The van der Waals surface area contributed by atoms with Crippen molar-refractivity contribution in [2.45, 2.75) is 58.3 Å². The van der Waals surface area contributed by atoms with Crippen molar-refractivity contribution >= 4 is 17.8 Å². The fourth-order valence-electron chi connectivity index (χ4n) is 3.25. The van der Waals surface area contributed by atoms with Crippen LogP contribution in [0.25, 0.3) is 0 Å². The Hall–Kier alpha value is -1.39. The van der Waals surface area contributed by atoms with Crippen LogP contribution in [0.3, 0.4) is 0 Å². The van der Waals surface area contributed by atoms with Crippen molar-refractivity contribution in [2.75, 3.05) is 6.54 Å². The van der Waals surface area contributed by atoms with Crippen LogP contribution in [-0.2, 0) is 9.59 Å². The summed E-state index contributed by atoms with van der Waals surface area (Å²) < 4.78 is 0. The molecule has 20 heavy (non-hydrogen) atoms. The van der Waals surface area contributed by atoms with Gasteiger partial charge in [-0.15, -0.1) is 0 Å². The van der Waals surface area contributed by atoms with Crippen LogP contribution in [0, 0.1) is 11.8 Å². The first kappa shape index (κ1) is 15.0. The Morgan fingerprint density at radius 1 is 1.10 bits per heavy atom. The Kier molecular flexibility index (Phi) is 5.15. The fourth-order valence-corrected chi connectivity index (χ4v) is 3.25. The van der Waals surface area contributed by atoms with Gasteiger partial charge in [-0.2, -0.15) is 0 Å². The highest BCUT2D eigenvalue weighted by molar-refractivity contribution is 6.16. The summed E-state index contributed by atoms with van der Waals surface area (Å²) in [6.45, 7) is 2.55. The summed E-state index contributed by atoms with van der Waals surface area (Å²) in [5.41, 5.74) is 0.